The van der Waals surface area contributed by atoms with Crippen molar-refractivity contribution in [3.8, 4) is 0 Å². The molecule has 96 valence electrons. The van der Waals surface area contributed by atoms with Crippen molar-refractivity contribution in [3.05, 3.63) is 35.4 Å². The maximum atomic E-state index is 12.1. The van der Waals surface area contributed by atoms with E-state index in [1.165, 1.54) is 19.1 Å². The first kappa shape index (κ1) is 13.9. The standard InChI is InChI=1S/C11H7Cl4NO2/c1-10(12,13)11(14,15)16-8(17)6-4-2-3-5-7(6)9(16)18/h2-5H,1H3. The zero-order valence-corrected chi connectivity index (χ0v) is 12.1. The lowest BCUT2D eigenvalue weighted by Gasteiger charge is -2.35. The normalized spacial score (nSPS) is 16.2. The van der Waals surface area contributed by atoms with Crippen molar-refractivity contribution in [1.82, 2.24) is 4.90 Å². The van der Waals surface area contributed by atoms with Gasteiger partial charge in [-0.2, -0.15) is 0 Å². The number of alkyl halides is 4. The van der Waals surface area contributed by atoms with Gasteiger partial charge in [-0.25, -0.2) is 4.90 Å². The predicted molar refractivity (Wildman–Crippen MR) is 71.5 cm³/mol. The van der Waals surface area contributed by atoms with Crippen molar-refractivity contribution in [3.63, 3.8) is 0 Å². The van der Waals surface area contributed by atoms with Crippen molar-refractivity contribution in [2.24, 2.45) is 0 Å². The molecule has 0 saturated carbocycles. The molecule has 18 heavy (non-hydrogen) atoms. The molecule has 0 spiro atoms. The van der Waals surface area contributed by atoms with E-state index in [1.54, 1.807) is 12.1 Å². The molecular weight excluding hydrogens is 320 g/mol. The maximum Gasteiger partial charge on any atom is 0.264 e. The van der Waals surface area contributed by atoms with E-state index in [1.807, 2.05) is 0 Å². The lowest BCUT2D eigenvalue weighted by atomic mass is 10.1. The number of rotatable bonds is 2. The molecule has 0 radical (unpaired) electrons. The first-order valence-corrected chi connectivity index (χ1v) is 6.42. The smallest absolute Gasteiger partial charge is 0.264 e. The number of imide groups is 1. The number of hydrogen-bond acceptors (Lipinski definition) is 2. The van der Waals surface area contributed by atoms with Crippen molar-refractivity contribution in [1.29, 1.82) is 0 Å². The summed E-state index contributed by atoms with van der Waals surface area (Å²) in [6, 6.07) is 6.30. The van der Waals surface area contributed by atoms with Crippen LogP contribution in [0.2, 0.25) is 0 Å². The summed E-state index contributed by atoms with van der Waals surface area (Å²) in [5.74, 6) is -1.23. The van der Waals surface area contributed by atoms with Gasteiger partial charge in [0.15, 0.2) is 4.33 Å². The minimum atomic E-state index is -2.05. The lowest BCUT2D eigenvalue weighted by Crippen LogP contribution is -2.52. The van der Waals surface area contributed by atoms with Crippen LogP contribution in [0.5, 0.6) is 0 Å². The summed E-state index contributed by atoms with van der Waals surface area (Å²) < 4.78 is -3.76. The number of fused-ring (bicyclic) bond motifs is 1. The van der Waals surface area contributed by atoms with Gasteiger partial charge in [0.25, 0.3) is 11.8 Å². The average molecular weight is 327 g/mol. The molecule has 1 aromatic rings. The van der Waals surface area contributed by atoms with Gasteiger partial charge < -0.3 is 0 Å². The molecular formula is C11H7Cl4NO2. The Morgan fingerprint density at radius 1 is 0.944 bits per heavy atom. The maximum absolute atomic E-state index is 12.1. The Balaban J connectivity index is 2.53. The molecule has 3 nitrogen and oxygen atoms in total. The van der Waals surface area contributed by atoms with Gasteiger partial charge in [0, 0.05) is 0 Å². The highest BCUT2D eigenvalue weighted by atomic mass is 35.5. The van der Waals surface area contributed by atoms with E-state index in [0.29, 0.717) is 4.90 Å². The van der Waals surface area contributed by atoms with Crippen molar-refractivity contribution in [2.45, 2.75) is 15.7 Å². The zero-order valence-electron chi connectivity index (χ0n) is 9.08. The number of amides is 2. The Labute approximate surface area is 124 Å². The molecule has 1 aliphatic rings. The van der Waals surface area contributed by atoms with E-state index in [4.69, 9.17) is 46.4 Å². The number of carbonyl (C=O) groups is 2. The van der Waals surface area contributed by atoms with E-state index in [-0.39, 0.29) is 11.1 Å². The van der Waals surface area contributed by atoms with Gasteiger partial charge in [0.1, 0.15) is 0 Å². The number of benzene rings is 1. The van der Waals surface area contributed by atoms with Crippen LogP contribution in [0, 0.1) is 0 Å². The van der Waals surface area contributed by atoms with Crippen LogP contribution >= 0.6 is 46.4 Å². The fourth-order valence-corrected chi connectivity index (χ4v) is 2.12. The monoisotopic (exact) mass is 325 g/mol. The lowest BCUT2D eigenvalue weighted by molar-refractivity contribution is 0.0599. The highest BCUT2D eigenvalue weighted by Crippen LogP contribution is 2.47. The van der Waals surface area contributed by atoms with E-state index < -0.39 is 20.6 Å². The first-order chi connectivity index (χ1) is 8.18. The minimum absolute atomic E-state index is 0.228. The molecule has 0 unspecified atom stereocenters. The largest absolute Gasteiger partial charge is 0.268 e. The van der Waals surface area contributed by atoms with Crippen LogP contribution in [0.4, 0.5) is 0 Å². The third kappa shape index (κ3) is 1.90. The van der Waals surface area contributed by atoms with Crippen LogP contribution in [-0.2, 0) is 0 Å². The second-order valence-corrected chi connectivity index (χ2v) is 6.91. The molecule has 2 amide bonds. The molecule has 7 heteroatoms. The summed E-state index contributed by atoms with van der Waals surface area (Å²) in [6.45, 7) is 1.31. The van der Waals surface area contributed by atoms with Gasteiger partial charge in [-0.1, -0.05) is 58.5 Å². The molecule has 1 aliphatic heterocycles. The Kier molecular flexibility index (Phi) is 3.31. The molecule has 0 saturated heterocycles. The summed E-state index contributed by atoms with van der Waals surface area (Å²) in [5, 5.41) is 0. The van der Waals surface area contributed by atoms with E-state index in [9.17, 15) is 9.59 Å². The van der Waals surface area contributed by atoms with Crippen molar-refractivity contribution < 1.29 is 9.59 Å². The van der Waals surface area contributed by atoms with Crippen molar-refractivity contribution >= 4 is 58.2 Å². The fraction of sp³-hybridized carbons (Fsp3) is 0.273. The molecule has 0 aromatic heterocycles. The van der Waals surface area contributed by atoms with Gasteiger partial charge in [-0.05, 0) is 19.1 Å². The van der Waals surface area contributed by atoms with Gasteiger partial charge in [0.2, 0.25) is 4.46 Å². The summed E-state index contributed by atoms with van der Waals surface area (Å²) in [4.78, 5) is 24.9. The second-order valence-electron chi connectivity index (χ2n) is 3.92. The molecule has 0 fully saturated rings. The molecule has 0 aliphatic carbocycles. The van der Waals surface area contributed by atoms with Crippen LogP contribution in [0.3, 0.4) is 0 Å². The highest BCUT2D eigenvalue weighted by Gasteiger charge is 2.56. The second kappa shape index (κ2) is 4.27. The van der Waals surface area contributed by atoms with Gasteiger partial charge in [-0.3, -0.25) is 9.59 Å². The summed E-state index contributed by atoms with van der Waals surface area (Å²) in [5.41, 5.74) is 0.455. The van der Waals surface area contributed by atoms with Gasteiger partial charge >= 0.3 is 0 Å². The quantitative estimate of drug-likeness (QED) is 0.473. The molecule has 1 aromatic carbocycles. The molecule has 0 atom stereocenters. The predicted octanol–water partition coefficient (Wildman–Crippen LogP) is 3.61. The summed E-state index contributed by atoms with van der Waals surface area (Å²) in [7, 11) is 0. The van der Waals surface area contributed by atoms with Crippen LogP contribution in [-0.4, -0.2) is 25.5 Å². The van der Waals surface area contributed by atoms with Gasteiger partial charge in [0.05, 0.1) is 11.1 Å². The molecule has 2 rings (SSSR count). The number of hydrogen-bond donors (Lipinski definition) is 0. The Bertz CT molecular complexity index is 501. The van der Waals surface area contributed by atoms with E-state index in [2.05, 4.69) is 0 Å². The number of halogens is 4. The third-order valence-electron chi connectivity index (χ3n) is 2.60. The van der Waals surface area contributed by atoms with E-state index >= 15 is 0 Å². The summed E-state index contributed by atoms with van der Waals surface area (Å²) in [6.07, 6.45) is 0. The highest BCUT2D eigenvalue weighted by molar-refractivity contribution is 6.63. The Hall–Kier alpha value is -0.480. The zero-order chi connectivity index (χ0) is 13.7. The minimum Gasteiger partial charge on any atom is -0.268 e. The van der Waals surface area contributed by atoms with Crippen molar-refractivity contribution in [2.75, 3.05) is 0 Å². The molecule has 0 bridgehead atoms. The Morgan fingerprint density at radius 2 is 1.33 bits per heavy atom. The average Bonchev–Trinajstić information content (AvgIpc) is 2.51. The third-order valence-corrected chi connectivity index (χ3v) is 4.63. The molecule has 1 heterocycles. The fourth-order valence-electron chi connectivity index (χ4n) is 1.64. The number of nitrogens with zero attached hydrogens (tertiary/aromatic N) is 1. The summed E-state index contributed by atoms with van der Waals surface area (Å²) >= 11 is 23.6. The van der Waals surface area contributed by atoms with Gasteiger partial charge in [-0.15, -0.1) is 0 Å². The first-order valence-electron chi connectivity index (χ1n) is 4.91. The Morgan fingerprint density at radius 3 is 1.67 bits per heavy atom. The number of carbonyl (C=O) groups excluding carboxylic acids is 2. The van der Waals surface area contributed by atoms with Crippen LogP contribution in [0.25, 0.3) is 0 Å². The topological polar surface area (TPSA) is 37.4 Å². The van der Waals surface area contributed by atoms with Crippen LogP contribution in [0.1, 0.15) is 27.6 Å². The van der Waals surface area contributed by atoms with Crippen LogP contribution in [0.15, 0.2) is 24.3 Å². The van der Waals surface area contributed by atoms with E-state index in [0.717, 1.165) is 0 Å². The van der Waals surface area contributed by atoms with Crippen LogP contribution < -0.4 is 0 Å². The SMILES string of the molecule is CC(Cl)(Cl)C(Cl)(Cl)N1C(=O)c2ccccc2C1=O. The molecule has 0 N–H and O–H groups in total.